The fourth-order valence-electron chi connectivity index (χ4n) is 2.81. The van der Waals surface area contributed by atoms with E-state index in [2.05, 4.69) is 20.5 Å². The van der Waals surface area contributed by atoms with E-state index in [4.69, 9.17) is 4.74 Å². The van der Waals surface area contributed by atoms with Crippen LogP contribution in [0.2, 0.25) is 0 Å². The van der Waals surface area contributed by atoms with Crippen LogP contribution >= 0.6 is 0 Å². The van der Waals surface area contributed by atoms with E-state index < -0.39 is 16.6 Å². The van der Waals surface area contributed by atoms with Crippen LogP contribution < -0.4 is 15.4 Å². The molecular weight excluding hydrogens is 392 g/mol. The third kappa shape index (κ3) is 7.88. The lowest BCUT2D eigenvalue weighted by molar-refractivity contribution is -0.760. The number of amides is 1. The molecule has 2 rings (SSSR count). The lowest BCUT2D eigenvalue weighted by atomic mass is 9.95. The van der Waals surface area contributed by atoms with Crippen molar-refractivity contribution in [3.05, 3.63) is 40.1 Å². The first kappa shape index (κ1) is 23.4. The number of aliphatic hydroxyl groups excluding tert-OH is 1. The lowest BCUT2D eigenvalue weighted by Crippen LogP contribution is -2.39. The third-order valence-electron chi connectivity index (χ3n) is 4.44. The molecule has 10 nitrogen and oxygen atoms in total. The van der Waals surface area contributed by atoms with Gasteiger partial charge in [-0.05, 0) is 30.7 Å². The van der Waals surface area contributed by atoms with Crippen molar-refractivity contribution in [1.29, 1.82) is 0 Å². The molecule has 0 fully saturated rings. The molecule has 0 bridgehead atoms. The molecule has 0 saturated heterocycles. The lowest BCUT2D eigenvalue weighted by Gasteiger charge is -2.23. The second-order valence-electron chi connectivity index (χ2n) is 8.06. The van der Waals surface area contributed by atoms with Gasteiger partial charge >= 0.3 is 0 Å². The second-order valence-corrected chi connectivity index (χ2v) is 8.06. The van der Waals surface area contributed by atoms with Gasteiger partial charge in [0.15, 0.2) is 0 Å². The quantitative estimate of drug-likeness (QED) is 0.218. The van der Waals surface area contributed by atoms with Crippen molar-refractivity contribution < 1.29 is 24.6 Å². The van der Waals surface area contributed by atoms with Crippen molar-refractivity contribution in [3.63, 3.8) is 0 Å². The Balaban J connectivity index is 1.62. The van der Waals surface area contributed by atoms with Crippen LogP contribution in [-0.2, 0) is 9.63 Å². The summed E-state index contributed by atoms with van der Waals surface area (Å²) in [6.07, 6.45) is 1.35. The minimum atomic E-state index is -0.845. The Bertz CT molecular complexity index is 851. The first-order valence-electron chi connectivity index (χ1n) is 9.79. The zero-order valence-corrected chi connectivity index (χ0v) is 17.6. The van der Waals surface area contributed by atoms with Crippen LogP contribution in [0.1, 0.15) is 25.8 Å². The van der Waals surface area contributed by atoms with Gasteiger partial charge in [-0.2, -0.15) is 0 Å². The van der Waals surface area contributed by atoms with Crippen molar-refractivity contribution >= 4 is 16.8 Å². The Labute approximate surface area is 175 Å². The van der Waals surface area contributed by atoms with Gasteiger partial charge in [0.1, 0.15) is 25.1 Å². The number of nitrogens with one attached hydrogen (secondary N) is 3. The second kappa shape index (κ2) is 10.8. The van der Waals surface area contributed by atoms with Gasteiger partial charge in [0.2, 0.25) is 5.91 Å². The Morgan fingerprint density at radius 3 is 2.90 bits per heavy atom. The predicted octanol–water partition coefficient (Wildman–Crippen LogP) is 1.55. The summed E-state index contributed by atoms with van der Waals surface area (Å²) in [7, 11) is 0. The Morgan fingerprint density at radius 2 is 2.17 bits per heavy atom. The number of aromatic nitrogens is 1. The summed E-state index contributed by atoms with van der Waals surface area (Å²) in [5, 5.41) is 26.2. The van der Waals surface area contributed by atoms with Gasteiger partial charge in [-0.3, -0.25) is 4.79 Å². The van der Waals surface area contributed by atoms with Crippen molar-refractivity contribution in [1.82, 2.24) is 15.6 Å². The number of ether oxygens (including phenoxy) is 1. The number of fused-ring (bicyclic) bond motifs is 1. The van der Waals surface area contributed by atoms with E-state index in [0.29, 0.717) is 12.3 Å². The van der Waals surface area contributed by atoms with E-state index in [-0.39, 0.29) is 38.6 Å². The average molecular weight is 422 g/mol. The normalized spacial score (nSPS) is 12.5. The summed E-state index contributed by atoms with van der Waals surface area (Å²) in [6, 6.07) is 5.89. The molecule has 4 N–H and O–H groups in total. The molecule has 0 aliphatic carbocycles. The van der Waals surface area contributed by atoms with Gasteiger partial charge in [-0.25, -0.2) is 0 Å². The number of aromatic amines is 1. The number of H-pyrrole nitrogens is 1. The van der Waals surface area contributed by atoms with E-state index in [1.807, 2.05) is 31.3 Å². The van der Waals surface area contributed by atoms with E-state index in [9.17, 15) is 20.0 Å². The molecule has 30 heavy (non-hydrogen) atoms. The van der Waals surface area contributed by atoms with E-state index in [1.165, 1.54) is 0 Å². The van der Waals surface area contributed by atoms with Crippen LogP contribution in [-0.4, -0.2) is 60.0 Å². The van der Waals surface area contributed by atoms with Crippen LogP contribution in [0.25, 0.3) is 10.9 Å². The number of carbonyl (C=O) groups is 1. The summed E-state index contributed by atoms with van der Waals surface area (Å²) in [5.74, 6) is 0.533. The van der Waals surface area contributed by atoms with Crippen molar-refractivity contribution in [2.45, 2.75) is 33.3 Å². The molecule has 0 aliphatic heterocycles. The SMILES string of the molecule is Cc1cc(OCC(O)CNCCC(=O)NCC(C)(C)CO[N+](=O)[O-])c2cc[nH]c2c1. The molecule has 0 saturated carbocycles. The van der Waals surface area contributed by atoms with Gasteiger partial charge < -0.3 is 30.3 Å². The molecule has 1 aromatic heterocycles. The summed E-state index contributed by atoms with van der Waals surface area (Å²) in [6.45, 7) is 6.49. The molecule has 1 atom stereocenters. The maximum atomic E-state index is 11.9. The van der Waals surface area contributed by atoms with E-state index in [1.54, 1.807) is 13.8 Å². The summed E-state index contributed by atoms with van der Waals surface area (Å²) in [4.78, 5) is 29.7. The predicted molar refractivity (Wildman–Crippen MR) is 112 cm³/mol. The number of nitrogens with zero attached hydrogens (tertiary/aromatic N) is 1. The maximum Gasteiger partial charge on any atom is 0.294 e. The van der Waals surface area contributed by atoms with Crippen molar-refractivity contribution in [2.75, 3.05) is 32.8 Å². The van der Waals surface area contributed by atoms with Gasteiger partial charge in [0, 0.05) is 48.6 Å². The number of hydrogen-bond donors (Lipinski definition) is 4. The number of aryl methyl sites for hydroxylation is 1. The van der Waals surface area contributed by atoms with Crippen LogP contribution in [0.5, 0.6) is 5.75 Å². The zero-order valence-electron chi connectivity index (χ0n) is 17.6. The van der Waals surface area contributed by atoms with Gasteiger partial charge in [-0.15, -0.1) is 10.1 Å². The molecule has 1 unspecified atom stereocenters. The minimum absolute atomic E-state index is 0.0965. The van der Waals surface area contributed by atoms with Crippen LogP contribution in [0.4, 0.5) is 0 Å². The van der Waals surface area contributed by atoms with Crippen LogP contribution in [0.3, 0.4) is 0 Å². The monoisotopic (exact) mass is 422 g/mol. The molecule has 0 aliphatic rings. The number of aliphatic hydroxyl groups is 1. The standard InChI is InChI=1S/C20H30N4O6/c1-14-8-17-16(4-7-22-17)18(9-14)29-11-15(25)10-21-6-5-19(26)23-12-20(2,3)13-30-24(27)28/h4,7-9,15,21-22,25H,5-6,10-13H2,1-3H3,(H,23,26). The zero-order chi connectivity index (χ0) is 22.1. The Kier molecular flexibility index (Phi) is 8.43. The van der Waals surface area contributed by atoms with Crippen molar-refractivity contribution in [2.24, 2.45) is 5.41 Å². The molecule has 0 spiro atoms. The highest BCUT2D eigenvalue weighted by molar-refractivity contribution is 5.86. The topological polar surface area (TPSA) is 139 Å². The Hall–Kier alpha value is -2.85. The molecule has 1 amide bonds. The largest absolute Gasteiger partial charge is 0.490 e. The average Bonchev–Trinajstić information content (AvgIpc) is 3.15. The molecular formula is C20H30N4O6. The number of rotatable bonds is 13. The fourth-order valence-corrected chi connectivity index (χ4v) is 2.81. The van der Waals surface area contributed by atoms with Gasteiger partial charge in [0.05, 0.1) is 0 Å². The molecule has 1 heterocycles. The van der Waals surface area contributed by atoms with Crippen molar-refractivity contribution in [3.8, 4) is 5.75 Å². The molecule has 0 radical (unpaired) electrons. The summed E-state index contributed by atoms with van der Waals surface area (Å²) in [5.41, 5.74) is 1.49. The third-order valence-corrected chi connectivity index (χ3v) is 4.44. The number of benzene rings is 1. The van der Waals surface area contributed by atoms with E-state index >= 15 is 0 Å². The van der Waals surface area contributed by atoms with Crippen LogP contribution in [0.15, 0.2) is 24.4 Å². The highest BCUT2D eigenvalue weighted by Gasteiger charge is 2.20. The maximum absolute atomic E-state index is 11.9. The highest BCUT2D eigenvalue weighted by Crippen LogP contribution is 2.26. The highest BCUT2D eigenvalue weighted by atomic mass is 16.9. The van der Waals surface area contributed by atoms with Gasteiger partial charge in [-0.1, -0.05) is 13.8 Å². The van der Waals surface area contributed by atoms with E-state index in [0.717, 1.165) is 16.5 Å². The first-order valence-corrected chi connectivity index (χ1v) is 9.79. The molecule has 1 aromatic carbocycles. The molecule has 2 aromatic rings. The summed E-state index contributed by atoms with van der Waals surface area (Å²) < 4.78 is 5.77. The molecule has 10 heteroatoms. The minimum Gasteiger partial charge on any atom is -0.490 e. The Morgan fingerprint density at radius 1 is 1.40 bits per heavy atom. The van der Waals surface area contributed by atoms with Crippen LogP contribution in [0, 0.1) is 22.5 Å². The number of hydrogen-bond acceptors (Lipinski definition) is 7. The van der Waals surface area contributed by atoms with Gasteiger partial charge in [0.25, 0.3) is 5.09 Å². The first-order chi connectivity index (χ1) is 14.2. The molecule has 166 valence electrons. The summed E-state index contributed by atoms with van der Waals surface area (Å²) >= 11 is 0. The fraction of sp³-hybridized carbons (Fsp3) is 0.550. The number of carbonyl (C=O) groups excluding carboxylic acids is 1. The smallest absolute Gasteiger partial charge is 0.294 e.